The summed E-state index contributed by atoms with van der Waals surface area (Å²) >= 11 is 4.26. The first-order valence-electron chi connectivity index (χ1n) is 10.6. The lowest BCUT2D eigenvalue weighted by molar-refractivity contribution is -0.215. The van der Waals surface area contributed by atoms with E-state index in [0.717, 1.165) is 0 Å². The number of phosphoric acid groups is 1. The summed E-state index contributed by atoms with van der Waals surface area (Å²) < 4.78 is 36.5. The topological polar surface area (TPSA) is 239 Å². The van der Waals surface area contributed by atoms with E-state index in [0.29, 0.717) is 12.8 Å². The smallest absolute Gasteiger partial charge is 0.462 e. The van der Waals surface area contributed by atoms with Crippen molar-refractivity contribution in [2.24, 2.45) is 0 Å². The van der Waals surface area contributed by atoms with Crippen LogP contribution in [0.3, 0.4) is 0 Å². The molecule has 0 aromatic rings. The van der Waals surface area contributed by atoms with Crippen LogP contribution in [0.15, 0.2) is 0 Å². The zero-order valence-electron chi connectivity index (χ0n) is 19.0. The molecule has 8 atom stereocenters. The average Bonchev–Trinajstić information content (AvgIpc) is 2.74. The number of hydrogen-bond donors (Lipinski definition) is 7. The highest BCUT2D eigenvalue weighted by Gasteiger charge is 2.53. The summed E-state index contributed by atoms with van der Waals surface area (Å²) in [6.45, 7) is -2.35. The van der Waals surface area contributed by atoms with Crippen molar-refractivity contribution in [2.75, 3.05) is 13.2 Å². The normalized spacial score (nSPS) is 29.7. The van der Waals surface area contributed by atoms with E-state index in [9.17, 15) is 49.3 Å². The van der Waals surface area contributed by atoms with E-state index in [1.807, 2.05) is 0 Å². The van der Waals surface area contributed by atoms with Gasteiger partial charge in [-0.2, -0.15) is 0 Å². The van der Waals surface area contributed by atoms with Crippen molar-refractivity contribution in [2.45, 2.75) is 82.3 Å². The predicted molar refractivity (Wildman–Crippen MR) is 119 cm³/mol. The number of rotatable bonds is 14. The highest BCUT2D eigenvalue weighted by atomic mass is 32.5. The number of hydrogen-bond acceptors (Lipinski definition) is 13. The molecule has 15 nitrogen and oxygen atoms in total. The Morgan fingerprint density at radius 3 is 1.86 bits per heavy atom. The molecule has 0 radical (unpaired) electrons. The van der Waals surface area contributed by atoms with Gasteiger partial charge in [0.25, 0.3) is 0 Å². The second-order valence-electron chi connectivity index (χ2n) is 7.65. The molecule has 206 valence electrons. The molecular formula is C17H32O15P2S. The molecule has 0 heterocycles. The molecule has 0 spiro atoms. The minimum atomic E-state index is -5.17. The standard InChI is InChI=1S/C17H32O15P2S/c1-3-5-10(18)28-7-9(30-11(19)6-4-2)8-29-33(24,25)31-16-13(21)12(20)14(22)17(15(16)23)32-34(26,27)35/h9,12-17,20-23H,3-8H2,1-2H3,(H,24,25)(H2,26,27,35)/t9-,12-,13-,14+,15+,16+,17-/m1/s1. The number of carbonyl (C=O) groups is 2. The van der Waals surface area contributed by atoms with Crippen LogP contribution in [0.5, 0.6) is 0 Å². The van der Waals surface area contributed by atoms with Crippen LogP contribution in [0.2, 0.25) is 0 Å². The van der Waals surface area contributed by atoms with Crippen LogP contribution in [-0.2, 0) is 49.0 Å². The third-order valence-electron chi connectivity index (χ3n) is 4.62. The Balaban J connectivity index is 2.90. The van der Waals surface area contributed by atoms with Crippen molar-refractivity contribution in [1.29, 1.82) is 0 Å². The second-order valence-corrected chi connectivity index (χ2v) is 11.7. The Bertz CT molecular complexity index is 791. The molecule has 0 aromatic heterocycles. The SMILES string of the molecule is CCCC(=O)OC[C@H](COP(=O)(O)O[C@@H]1[C@H](O)[C@H](OP(O)(O)=S)[C@@H](O)[C@H](O)[C@H]1O)OC(=O)CCC. The highest BCUT2D eigenvalue weighted by Crippen LogP contribution is 2.49. The molecule has 1 rings (SSSR count). The Morgan fingerprint density at radius 2 is 1.34 bits per heavy atom. The maximum absolute atomic E-state index is 12.5. The highest BCUT2D eigenvalue weighted by molar-refractivity contribution is 8.06. The molecule has 0 bridgehead atoms. The van der Waals surface area contributed by atoms with Crippen LogP contribution in [0.4, 0.5) is 0 Å². The fourth-order valence-electron chi connectivity index (χ4n) is 2.98. The molecule has 18 heteroatoms. The monoisotopic (exact) mass is 570 g/mol. The summed E-state index contributed by atoms with van der Waals surface area (Å²) in [5, 5.41) is 40.3. The van der Waals surface area contributed by atoms with E-state index in [1.54, 1.807) is 13.8 Å². The summed E-state index contributed by atoms with van der Waals surface area (Å²) in [4.78, 5) is 52.1. The first kappa shape index (κ1) is 32.4. The van der Waals surface area contributed by atoms with Crippen molar-refractivity contribution in [3.05, 3.63) is 0 Å². The number of phosphoric ester groups is 1. The van der Waals surface area contributed by atoms with E-state index in [2.05, 4.69) is 16.3 Å². The molecule has 0 amide bonds. The summed E-state index contributed by atoms with van der Waals surface area (Å²) in [6.07, 6.45) is -12.9. The van der Waals surface area contributed by atoms with Crippen LogP contribution in [0.25, 0.3) is 0 Å². The van der Waals surface area contributed by atoms with E-state index in [-0.39, 0.29) is 12.8 Å². The van der Waals surface area contributed by atoms with Crippen molar-refractivity contribution >= 4 is 38.3 Å². The number of aliphatic hydroxyl groups is 4. The van der Waals surface area contributed by atoms with Crippen LogP contribution in [0, 0.1) is 0 Å². The van der Waals surface area contributed by atoms with Crippen LogP contribution >= 0.6 is 14.5 Å². The van der Waals surface area contributed by atoms with Crippen molar-refractivity contribution in [1.82, 2.24) is 0 Å². The van der Waals surface area contributed by atoms with Gasteiger partial charge in [0.05, 0.1) is 6.61 Å². The van der Waals surface area contributed by atoms with Gasteiger partial charge >= 0.3 is 26.5 Å². The lowest BCUT2D eigenvalue weighted by atomic mass is 9.85. The van der Waals surface area contributed by atoms with Crippen molar-refractivity contribution in [3.63, 3.8) is 0 Å². The van der Waals surface area contributed by atoms with Gasteiger partial charge < -0.3 is 44.6 Å². The van der Waals surface area contributed by atoms with Crippen LogP contribution in [0.1, 0.15) is 39.5 Å². The molecule has 0 aromatic carbocycles. The maximum Gasteiger partial charge on any atom is 0.472 e. The molecule has 0 aliphatic heterocycles. The minimum Gasteiger partial charge on any atom is -0.462 e. The molecule has 1 aliphatic carbocycles. The Labute approximate surface area is 206 Å². The zero-order valence-corrected chi connectivity index (χ0v) is 21.6. The number of aliphatic hydroxyl groups excluding tert-OH is 4. The van der Waals surface area contributed by atoms with Gasteiger partial charge in [0.15, 0.2) is 6.10 Å². The molecule has 35 heavy (non-hydrogen) atoms. The number of carbonyl (C=O) groups excluding carboxylic acids is 2. The fourth-order valence-corrected chi connectivity index (χ4v) is 4.82. The molecular weight excluding hydrogens is 538 g/mol. The third kappa shape index (κ3) is 11.1. The molecule has 0 saturated heterocycles. The summed E-state index contributed by atoms with van der Waals surface area (Å²) in [6, 6.07) is 0. The van der Waals surface area contributed by atoms with Crippen LogP contribution in [-0.4, -0.2) is 103 Å². The van der Waals surface area contributed by atoms with Gasteiger partial charge in [-0.25, -0.2) is 4.57 Å². The lowest BCUT2D eigenvalue weighted by Gasteiger charge is -2.43. The Hall–Kier alpha value is -0.580. The molecule has 7 N–H and O–H groups in total. The number of esters is 2. The van der Waals surface area contributed by atoms with Gasteiger partial charge in [-0.15, -0.1) is 0 Å². The average molecular weight is 570 g/mol. The Kier molecular flexibility index (Phi) is 13.3. The van der Waals surface area contributed by atoms with Gasteiger partial charge in [0, 0.05) is 12.8 Å². The van der Waals surface area contributed by atoms with Gasteiger partial charge in [-0.3, -0.25) is 23.2 Å². The summed E-state index contributed by atoms with van der Waals surface area (Å²) in [7, 11) is -5.17. The quantitative estimate of drug-likeness (QED) is 0.0938. The van der Waals surface area contributed by atoms with E-state index < -0.39 is 82.4 Å². The largest absolute Gasteiger partial charge is 0.472 e. The van der Waals surface area contributed by atoms with Crippen LogP contribution < -0.4 is 0 Å². The van der Waals surface area contributed by atoms with Gasteiger partial charge in [-0.1, -0.05) is 13.8 Å². The zero-order chi connectivity index (χ0) is 27.0. The maximum atomic E-state index is 12.5. The lowest BCUT2D eigenvalue weighted by Crippen LogP contribution is -2.64. The summed E-state index contributed by atoms with van der Waals surface area (Å²) in [5.41, 5.74) is 0. The minimum absolute atomic E-state index is 0.0114. The molecule has 1 aliphatic rings. The van der Waals surface area contributed by atoms with Gasteiger partial charge in [0.2, 0.25) is 0 Å². The fraction of sp³-hybridized carbons (Fsp3) is 0.882. The van der Waals surface area contributed by atoms with E-state index >= 15 is 0 Å². The molecule has 1 fully saturated rings. The second kappa shape index (κ2) is 14.4. The van der Waals surface area contributed by atoms with Crippen molar-refractivity contribution in [3.8, 4) is 0 Å². The first-order chi connectivity index (χ1) is 16.1. The first-order valence-corrected chi connectivity index (χ1v) is 14.7. The van der Waals surface area contributed by atoms with Crippen molar-refractivity contribution < 1.29 is 72.3 Å². The summed E-state index contributed by atoms with van der Waals surface area (Å²) in [5.74, 6) is -1.30. The predicted octanol–water partition coefficient (Wildman–Crippen LogP) is -1.40. The van der Waals surface area contributed by atoms with Gasteiger partial charge in [-0.05, 0) is 24.6 Å². The van der Waals surface area contributed by atoms with Gasteiger partial charge in [0.1, 0.15) is 43.2 Å². The van der Waals surface area contributed by atoms with E-state index in [1.165, 1.54) is 0 Å². The molecule has 1 saturated carbocycles. The third-order valence-corrected chi connectivity index (χ3v) is 6.38. The molecule has 1 unspecified atom stereocenters. The van der Waals surface area contributed by atoms with E-state index in [4.69, 9.17) is 18.5 Å². The Morgan fingerprint density at radius 1 is 0.829 bits per heavy atom. The number of ether oxygens (including phenoxy) is 2.